The molecule has 0 unspecified atom stereocenters. The van der Waals surface area contributed by atoms with E-state index in [9.17, 15) is 18.0 Å². The summed E-state index contributed by atoms with van der Waals surface area (Å²) in [6.45, 7) is 0. The zero-order valence-corrected chi connectivity index (χ0v) is 18.4. The van der Waals surface area contributed by atoms with Crippen LogP contribution in [-0.4, -0.2) is 25.6 Å². The molecule has 0 aliphatic carbocycles. The number of alkyl halides is 3. The Balaban J connectivity index is 1.20. The topological polar surface area (TPSA) is 93.4 Å². The molecule has 5 rings (SSSR count). The number of aromatic nitrogens is 4. The summed E-state index contributed by atoms with van der Waals surface area (Å²) in [6.07, 6.45) is 0.308. The molecule has 8 nitrogen and oxygen atoms in total. The van der Waals surface area contributed by atoms with Gasteiger partial charge in [0.1, 0.15) is 5.75 Å². The molecule has 0 saturated carbocycles. The Morgan fingerprint density at radius 2 is 1.67 bits per heavy atom. The third-order valence-corrected chi connectivity index (χ3v) is 5.09. The number of hydrogen-bond acceptors (Lipinski definition) is 5. The van der Waals surface area contributed by atoms with Crippen molar-refractivity contribution < 1.29 is 22.7 Å². The predicted octanol–water partition coefficient (Wildman–Crippen LogP) is 6.25. The van der Waals surface area contributed by atoms with Crippen LogP contribution in [0.4, 0.5) is 29.3 Å². The quantitative estimate of drug-likeness (QED) is 0.304. The monoisotopic (exact) mass is 490 g/mol. The first kappa shape index (κ1) is 22.8. The summed E-state index contributed by atoms with van der Waals surface area (Å²) in [5, 5.41) is 9.19. The lowest BCUT2D eigenvalue weighted by Gasteiger charge is -2.11. The number of nitrogens with one attached hydrogen (secondary N) is 2. The summed E-state index contributed by atoms with van der Waals surface area (Å²) >= 11 is 0. The van der Waals surface area contributed by atoms with Gasteiger partial charge < -0.3 is 15.4 Å². The van der Waals surface area contributed by atoms with Gasteiger partial charge in [-0.15, -0.1) is 0 Å². The van der Waals surface area contributed by atoms with Gasteiger partial charge in [-0.25, -0.2) is 19.3 Å². The van der Waals surface area contributed by atoms with Crippen LogP contribution in [0, 0.1) is 0 Å². The SMILES string of the molecule is O=C(Nc1ccc(Oc2ccc(-c3cnc4cccnn34)cc2)nc1)Nc1cccc(C(F)(F)F)c1. The largest absolute Gasteiger partial charge is 0.439 e. The third kappa shape index (κ3) is 5.09. The maximum Gasteiger partial charge on any atom is 0.416 e. The number of ether oxygens (including phenoxy) is 1. The number of hydrogen-bond donors (Lipinski definition) is 2. The first-order valence-electron chi connectivity index (χ1n) is 10.6. The average Bonchev–Trinajstić information content (AvgIpc) is 3.30. The van der Waals surface area contributed by atoms with Gasteiger partial charge in [-0.1, -0.05) is 6.07 Å². The van der Waals surface area contributed by atoms with Gasteiger partial charge in [0.25, 0.3) is 0 Å². The van der Waals surface area contributed by atoms with Gasteiger partial charge in [0.15, 0.2) is 5.65 Å². The van der Waals surface area contributed by atoms with Gasteiger partial charge >= 0.3 is 12.2 Å². The predicted molar refractivity (Wildman–Crippen MR) is 127 cm³/mol. The van der Waals surface area contributed by atoms with E-state index >= 15 is 0 Å². The van der Waals surface area contributed by atoms with Gasteiger partial charge in [-0.2, -0.15) is 18.3 Å². The number of nitrogens with zero attached hydrogens (tertiary/aromatic N) is 4. The third-order valence-electron chi connectivity index (χ3n) is 5.09. The molecule has 3 heterocycles. The summed E-state index contributed by atoms with van der Waals surface area (Å²) in [6, 6.07) is 17.8. The highest BCUT2D eigenvalue weighted by molar-refractivity contribution is 5.99. The van der Waals surface area contributed by atoms with Crippen LogP contribution in [-0.2, 0) is 6.18 Å². The molecule has 2 aromatic carbocycles. The van der Waals surface area contributed by atoms with Crippen LogP contribution < -0.4 is 15.4 Å². The molecule has 0 atom stereocenters. The Hall–Kier alpha value is -4.93. The number of rotatable bonds is 5. The molecule has 2 N–H and O–H groups in total. The molecular formula is C25H17F3N6O2. The van der Waals surface area contributed by atoms with Gasteiger partial charge in [0.05, 0.1) is 29.3 Å². The average molecular weight is 490 g/mol. The standard InChI is InChI=1S/C25H17F3N6O2/c26-25(27,28)17-3-1-4-18(13-17)32-24(35)33-19-8-11-23(30-14-19)36-20-9-6-16(7-10-20)21-15-29-22-5-2-12-31-34(21)22/h1-15H,(H2,32,33,35). The molecule has 0 aliphatic heterocycles. The molecule has 0 aliphatic rings. The van der Waals surface area contributed by atoms with Crippen LogP contribution in [0.3, 0.4) is 0 Å². The first-order chi connectivity index (χ1) is 17.3. The Labute approximate surface area is 202 Å². The number of fused-ring (bicyclic) bond motifs is 1. The van der Waals surface area contributed by atoms with Crippen molar-refractivity contribution in [2.24, 2.45) is 0 Å². The van der Waals surface area contributed by atoms with E-state index in [1.165, 1.54) is 18.3 Å². The maximum atomic E-state index is 12.8. The normalized spacial score (nSPS) is 11.3. The highest BCUT2D eigenvalue weighted by atomic mass is 19.4. The van der Waals surface area contributed by atoms with E-state index in [-0.39, 0.29) is 5.69 Å². The maximum absolute atomic E-state index is 12.8. The highest BCUT2D eigenvalue weighted by Crippen LogP contribution is 2.31. The molecule has 0 saturated heterocycles. The molecule has 36 heavy (non-hydrogen) atoms. The fourth-order valence-corrected chi connectivity index (χ4v) is 3.42. The van der Waals surface area contributed by atoms with Gasteiger partial charge in [-0.05, 0) is 60.7 Å². The number of carbonyl (C=O) groups excluding carboxylic acids is 1. The van der Waals surface area contributed by atoms with Crippen molar-refractivity contribution in [1.82, 2.24) is 19.6 Å². The van der Waals surface area contributed by atoms with Gasteiger partial charge in [0, 0.05) is 23.5 Å². The minimum atomic E-state index is -4.50. The number of carbonyl (C=O) groups is 1. The van der Waals surface area contributed by atoms with E-state index in [4.69, 9.17) is 4.74 Å². The van der Waals surface area contributed by atoms with E-state index < -0.39 is 17.8 Å². The Kier molecular flexibility index (Phi) is 5.95. The summed E-state index contributed by atoms with van der Waals surface area (Å²) in [7, 11) is 0. The molecule has 0 spiro atoms. The van der Waals surface area contributed by atoms with E-state index in [1.807, 2.05) is 24.3 Å². The number of urea groups is 1. The Bertz CT molecular complexity index is 1520. The highest BCUT2D eigenvalue weighted by Gasteiger charge is 2.30. The van der Waals surface area contributed by atoms with E-state index in [1.54, 1.807) is 41.2 Å². The van der Waals surface area contributed by atoms with Crippen molar-refractivity contribution in [1.29, 1.82) is 0 Å². The molecule has 11 heteroatoms. The number of halogens is 3. The van der Waals surface area contributed by atoms with E-state index in [0.29, 0.717) is 17.3 Å². The lowest BCUT2D eigenvalue weighted by Crippen LogP contribution is -2.19. The Morgan fingerprint density at radius 3 is 2.42 bits per heavy atom. The lowest BCUT2D eigenvalue weighted by atomic mass is 10.1. The van der Waals surface area contributed by atoms with E-state index in [2.05, 4.69) is 25.7 Å². The molecule has 0 fully saturated rings. The van der Waals surface area contributed by atoms with Crippen LogP contribution >= 0.6 is 0 Å². The zero-order chi connectivity index (χ0) is 25.1. The minimum absolute atomic E-state index is 0.0124. The fourth-order valence-electron chi connectivity index (χ4n) is 3.42. The second-order valence-corrected chi connectivity index (χ2v) is 7.61. The van der Waals surface area contributed by atoms with Crippen LogP contribution in [0.2, 0.25) is 0 Å². The summed E-state index contributed by atoms with van der Waals surface area (Å²) < 4.78 is 46.0. The van der Waals surface area contributed by atoms with Crippen molar-refractivity contribution in [3.63, 3.8) is 0 Å². The van der Waals surface area contributed by atoms with Crippen molar-refractivity contribution >= 4 is 23.1 Å². The van der Waals surface area contributed by atoms with Crippen LogP contribution in [0.5, 0.6) is 11.6 Å². The molecule has 180 valence electrons. The summed E-state index contributed by atoms with van der Waals surface area (Å²) in [5.41, 5.74) is 1.99. The zero-order valence-electron chi connectivity index (χ0n) is 18.4. The molecule has 0 radical (unpaired) electrons. The van der Waals surface area contributed by atoms with Crippen molar-refractivity contribution in [3.05, 3.63) is 97.0 Å². The first-order valence-corrected chi connectivity index (χ1v) is 10.6. The molecule has 3 aromatic heterocycles. The fraction of sp³-hybridized carbons (Fsp3) is 0.0400. The number of anilines is 2. The summed E-state index contributed by atoms with van der Waals surface area (Å²) in [5.74, 6) is 0.846. The molecular weight excluding hydrogens is 473 g/mol. The molecule has 0 bridgehead atoms. The number of benzene rings is 2. The van der Waals surface area contributed by atoms with Crippen LogP contribution in [0.1, 0.15) is 5.56 Å². The summed E-state index contributed by atoms with van der Waals surface area (Å²) in [4.78, 5) is 20.6. The smallest absolute Gasteiger partial charge is 0.416 e. The number of imidazole rings is 1. The van der Waals surface area contributed by atoms with Crippen molar-refractivity contribution in [3.8, 4) is 22.9 Å². The number of pyridine rings is 1. The number of amides is 2. The second kappa shape index (κ2) is 9.37. The molecule has 2 amide bonds. The van der Waals surface area contributed by atoms with E-state index in [0.717, 1.165) is 29.0 Å². The van der Waals surface area contributed by atoms with Crippen molar-refractivity contribution in [2.45, 2.75) is 6.18 Å². The molecule has 5 aromatic rings. The van der Waals surface area contributed by atoms with Gasteiger partial charge in [0.2, 0.25) is 5.88 Å². The minimum Gasteiger partial charge on any atom is -0.439 e. The Morgan fingerprint density at radius 1 is 0.861 bits per heavy atom. The lowest BCUT2D eigenvalue weighted by molar-refractivity contribution is -0.137. The van der Waals surface area contributed by atoms with Gasteiger partial charge in [-0.3, -0.25) is 0 Å². The van der Waals surface area contributed by atoms with Crippen molar-refractivity contribution in [2.75, 3.05) is 10.6 Å². The van der Waals surface area contributed by atoms with Crippen LogP contribution in [0.15, 0.2) is 91.4 Å². The second-order valence-electron chi connectivity index (χ2n) is 7.61. The van der Waals surface area contributed by atoms with Crippen LogP contribution in [0.25, 0.3) is 16.9 Å².